The maximum absolute atomic E-state index is 9.78. The van der Waals surface area contributed by atoms with Gasteiger partial charge in [0.25, 0.3) is 0 Å². The normalized spacial score (nSPS) is 20.0. The number of rotatable bonds is 3. The van der Waals surface area contributed by atoms with Crippen LogP contribution in [0.3, 0.4) is 0 Å². The van der Waals surface area contributed by atoms with E-state index < -0.39 is 0 Å². The summed E-state index contributed by atoms with van der Waals surface area (Å²) in [6.45, 7) is 4.94. The van der Waals surface area contributed by atoms with Crippen LogP contribution in [0.4, 0.5) is 0 Å². The van der Waals surface area contributed by atoms with Gasteiger partial charge in [-0.2, -0.15) is 0 Å². The molecule has 0 heterocycles. The molecule has 1 rings (SSSR count). The second kappa shape index (κ2) is 6.44. The van der Waals surface area contributed by atoms with E-state index in [4.69, 9.17) is 0 Å². The highest BCUT2D eigenvalue weighted by atomic mass is 16.3. The summed E-state index contributed by atoms with van der Waals surface area (Å²) in [5, 5.41) is 12.8. The van der Waals surface area contributed by atoms with Crippen molar-refractivity contribution in [2.45, 2.75) is 51.6 Å². The SMILES string of the molecule is CC.CNCCC1(O)CCCC1. The van der Waals surface area contributed by atoms with Gasteiger partial charge in [0.2, 0.25) is 0 Å². The average Bonchev–Trinajstić information content (AvgIpc) is 2.53. The molecule has 1 fully saturated rings. The van der Waals surface area contributed by atoms with E-state index in [1.165, 1.54) is 12.8 Å². The fourth-order valence-electron chi connectivity index (χ4n) is 1.64. The highest BCUT2D eigenvalue weighted by Gasteiger charge is 2.29. The zero-order valence-electron chi connectivity index (χ0n) is 8.69. The molecule has 2 nitrogen and oxygen atoms in total. The minimum absolute atomic E-state index is 0.316. The van der Waals surface area contributed by atoms with Gasteiger partial charge in [0.05, 0.1) is 5.60 Å². The Hall–Kier alpha value is -0.0800. The second-order valence-corrected chi connectivity index (χ2v) is 3.29. The van der Waals surface area contributed by atoms with E-state index in [2.05, 4.69) is 5.32 Å². The summed E-state index contributed by atoms with van der Waals surface area (Å²) < 4.78 is 0. The van der Waals surface area contributed by atoms with Crippen LogP contribution < -0.4 is 5.32 Å². The Labute approximate surface area is 76.4 Å². The van der Waals surface area contributed by atoms with E-state index in [9.17, 15) is 5.11 Å². The highest BCUT2D eigenvalue weighted by molar-refractivity contribution is 4.84. The first kappa shape index (κ1) is 11.9. The van der Waals surface area contributed by atoms with E-state index >= 15 is 0 Å². The standard InChI is InChI=1S/C8H17NO.C2H6/c1-9-7-6-8(10)4-2-3-5-8;1-2/h9-10H,2-7H2,1H3;1-2H3. The molecular formula is C10H23NO. The van der Waals surface area contributed by atoms with Crippen molar-refractivity contribution >= 4 is 0 Å². The van der Waals surface area contributed by atoms with Crippen molar-refractivity contribution in [2.75, 3.05) is 13.6 Å². The Morgan fingerprint density at radius 1 is 1.25 bits per heavy atom. The zero-order valence-corrected chi connectivity index (χ0v) is 8.69. The van der Waals surface area contributed by atoms with Crippen LogP contribution in [0.2, 0.25) is 0 Å². The molecule has 0 amide bonds. The molecule has 0 aromatic carbocycles. The smallest absolute Gasteiger partial charge is 0.0659 e. The third kappa shape index (κ3) is 4.07. The summed E-state index contributed by atoms with van der Waals surface area (Å²) in [4.78, 5) is 0. The average molecular weight is 173 g/mol. The lowest BCUT2D eigenvalue weighted by Crippen LogP contribution is -2.28. The third-order valence-electron chi connectivity index (χ3n) is 2.37. The van der Waals surface area contributed by atoms with Crippen molar-refractivity contribution in [3.8, 4) is 0 Å². The molecule has 0 unspecified atom stereocenters. The molecule has 1 aliphatic carbocycles. The Morgan fingerprint density at radius 3 is 2.17 bits per heavy atom. The Morgan fingerprint density at radius 2 is 1.75 bits per heavy atom. The van der Waals surface area contributed by atoms with E-state index in [0.29, 0.717) is 0 Å². The minimum Gasteiger partial charge on any atom is -0.390 e. The number of hydrogen-bond acceptors (Lipinski definition) is 2. The van der Waals surface area contributed by atoms with Gasteiger partial charge < -0.3 is 10.4 Å². The fourth-order valence-corrected chi connectivity index (χ4v) is 1.64. The van der Waals surface area contributed by atoms with Crippen LogP contribution in [0.5, 0.6) is 0 Å². The molecule has 0 saturated heterocycles. The monoisotopic (exact) mass is 173 g/mol. The van der Waals surface area contributed by atoms with Crippen LogP contribution in [-0.2, 0) is 0 Å². The molecule has 0 radical (unpaired) electrons. The predicted octanol–water partition coefficient (Wildman–Crippen LogP) is 1.93. The Bertz CT molecular complexity index is 98.0. The summed E-state index contributed by atoms with van der Waals surface area (Å²) in [7, 11) is 1.93. The third-order valence-corrected chi connectivity index (χ3v) is 2.37. The van der Waals surface area contributed by atoms with Crippen molar-refractivity contribution in [1.29, 1.82) is 0 Å². The van der Waals surface area contributed by atoms with E-state index in [1.807, 2.05) is 20.9 Å². The molecule has 12 heavy (non-hydrogen) atoms. The van der Waals surface area contributed by atoms with Crippen molar-refractivity contribution in [3.63, 3.8) is 0 Å². The summed E-state index contributed by atoms with van der Waals surface area (Å²) in [6.07, 6.45) is 5.35. The summed E-state index contributed by atoms with van der Waals surface area (Å²) in [6, 6.07) is 0. The number of aliphatic hydroxyl groups is 1. The van der Waals surface area contributed by atoms with Crippen molar-refractivity contribution in [2.24, 2.45) is 0 Å². The minimum atomic E-state index is -0.316. The Kier molecular flexibility index (Phi) is 6.39. The van der Waals surface area contributed by atoms with Crippen molar-refractivity contribution in [1.82, 2.24) is 5.32 Å². The molecule has 2 N–H and O–H groups in total. The largest absolute Gasteiger partial charge is 0.390 e. The van der Waals surface area contributed by atoms with Gasteiger partial charge in [-0.15, -0.1) is 0 Å². The van der Waals surface area contributed by atoms with E-state index in [-0.39, 0.29) is 5.60 Å². The van der Waals surface area contributed by atoms with Gasteiger partial charge in [0, 0.05) is 0 Å². The number of nitrogens with one attached hydrogen (secondary N) is 1. The summed E-state index contributed by atoms with van der Waals surface area (Å²) in [5.41, 5.74) is -0.316. The van der Waals surface area contributed by atoms with Crippen LogP contribution in [0.1, 0.15) is 46.0 Å². The zero-order chi connectivity index (χ0) is 9.45. The number of hydrogen-bond donors (Lipinski definition) is 2. The van der Waals surface area contributed by atoms with Gasteiger partial charge >= 0.3 is 0 Å². The molecule has 2 heteroatoms. The molecule has 0 atom stereocenters. The lowest BCUT2D eigenvalue weighted by molar-refractivity contribution is 0.0396. The van der Waals surface area contributed by atoms with Gasteiger partial charge in [-0.3, -0.25) is 0 Å². The van der Waals surface area contributed by atoms with Gasteiger partial charge in [-0.1, -0.05) is 26.7 Å². The molecule has 0 aromatic heterocycles. The topological polar surface area (TPSA) is 32.3 Å². The first-order valence-corrected chi connectivity index (χ1v) is 5.14. The van der Waals surface area contributed by atoms with Crippen LogP contribution in [0.25, 0.3) is 0 Å². The van der Waals surface area contributed by atoms with E-state index in [0.717, 1.165) is 25.8 Å². The van der Waals surface area contributed by atoms with Crippen LogP contribution in [-0.4, -0.2) is 24.3 Å². The summed E-state index contributed by atoms with van der Waals surface area (Å²) >= 11 is 0. The van der Waals surface area contributed by atoms with Crippen molar-refractivity contribution in [3.05, 3.63) is 0 Å². The molecular weight excluding hydrogens is 150 g/mol. The van der Waals surface area contributed by atoms with Crippen LogP contribution in [0.15, 0.2) is 0 Å². The van der Waals surface area contributed by atoms with Gasteiger partial charge in [0.1, 0.15) is 0 Å². The molecule has 0 bridgehead atoms. The van der Waals surface area contributed by atoms with Gasteiger partial charge in [-0.25, -0.2) is 0 Å². The predicted molar refractivity (Wildman–Crippen MR) is 53.3 cm³/mol. The molecule has 0 spiro atoms. The van der Waals surface area contributed by atoms with Crippen LogP contribution in [0, 0.1) is 0 Å². The first-order chi connectivity index (χ1) is 5.77. The van der Waals surface area contributed by atoms with Crippen LogP contribution >= 0.6 is 0 Å². The molecule has 1 saturated carbocycles. The molecule has 0 aromatic rings. The summed E-state index contributed by atoms with van der Waals surface area (Å²) in [5.74, 6) is 0. The quantitative estimate of drug-likeness (QED) is 0.683. The fraction of sp³-hybridized carbons (Fsp3) is 1.00. The van der Waals surface area contributed by atoms with E-state index in [1.54, 1.807) is 0 Å². The van der Waals surface area contributed by atoms with Gasteiger partial charge in [0.15, 0.2) is 0 Å². The maximum atomic E-state index is 9.78. The Balaban J connectivity index is 0.000000561. The molecule has 0 aliphatic heterocycles. The lowest BCUT2D eigenvalue weighted by atomic mass is 9.98. The highest BCUT2D eigenvalue weighted by Crippen LogP contribution is 2.31. The first-order valence-electron chi connectivity index (χ1n) is 5.14. The van der Waals surface area contributed by atoms with Crippen molar-refractivity contribution < 1.29 is 5.11 Å². The van der Waals surface area contributed by atoms with Gasteiger partial charge in [-0.05, 0) is 32.9 Å². The molecule has 74 valence electrons. The maximum Gasteiger partial charge on any atom is 0.0659 e. The second-order valence-electron chi connectivity index (χ2n) is 3.29. The lowest BCUT2D eigenvalue weighted by Gasteiger charge is -2.21. The molecule has 1 aliphatic rings.